The monoisotopic (exact) mass is 213 g/mol. The minimum Gasteiger partial charge on any atom is -0.480 e. The molecule has 0 bridgehead atoms. The summed E-state index contributed by atoms with van der Waals surface area (Å²) in [6.07, 6.45) is 0.540. The third-order valence-corrected chi connectivity index (χ3v) is 2.14. The van der Waals surface area contributed by atoms with Gasteiger partial charge in [0.05, 0.1) is 0 Å². The molecule has 0 aliphatic carbocycles. The highest BCUT2D eigenvalue weighted by atomic mass is 35.5. The number of carboxylic acid groups (broad SMARTS) is 1. The molecule has 0 heterocycles. The smallest absolute Gasteiger partial charge is 0.326 e. The Balaban J connectivity index is 2.67. The second-order valence-electron chi connectivity index (χ2n) is 2.95. The largest absolute Gasteiger partial charge is 0.480 e. The van der Waals surface area contributed by atoms with Crippen molar-refractivity contribution in [3.63, 3.8) is 0 Å². The third kappa shape index (κ3) is 2.92. The molecule has 1 rings (SSSR count). The number of hydrogen-bond acceptors (Lipinski definition) is 2. The van der Waals surface area contributed by atoms with Crippen LogP contribution in [0.4, 0.5) is 5.69 Å². The molecular weight excluding hydrogens is 202 g/mol. The molecule has 76 valence electrons. The van der Waals surface area contributed by atoms with Gasteiger partial charge in [-0.3, -0.25) is 0 Å². The summed E-state index contributed by atoms with van der Waals surface area (Å²) in [5, 5.41) is 12.3. The minimum absolute atomic E-state index is 0.540. The molecule has 1 atom stereocenters. The quantitative estimate of drug-likeness (QED) is 0.809. The Hall–Kier alpha value is -1.22. The molecule has 1 aromatic carbocycles. The van der Waals surface area contributed by atoms with Crippen molar-refractivity contribution in [2.24, 2.45) is 0 Å². The van der Waals surface area contributed by atoms with Crippen molar-refractivity contribution < 1.29 is 9.90 Å². The highest BCUT2D eigenvalue weighted by molar-refractivity contribution is 6.30. The summed E-state index contributed by atoms with van der Waals surface area (Å²) < 4.78 is 0. The average Bonchev–Trinajstić information content (AvgIpc) is 2.16. The van der Waals surface area contributed by atoms with Crippen molar-refractivity contribution in [3.05, 3.63) is 29.3 Å². The Morgan fingerprint density at radius 1 is 1.50 bits per heavy atom. The van der Waals surface area contributed by atoms with Crippen molar-refractivity contribution in [1.29, 1.82) is 0 Å². The van der Waals surface area contributed by atoms with E-state index in [4.69, 9.17) is 16.7 Å². The van der Waals surface area contributed by atoms with Crippen LogP contribution in [0.2, 0.25) is 5.02 Å². The number of anilines is 1. The van der Waals surface area contributed by atoms with E-state index in [1.54, 1.807) is 24.3 Å². The lowest BCUT2D eigenvalue weighted by atomic mass is 10.2. The maximum Gasteiger partial charge on any atom is 0.326 e. The van der Waals surface area contributed by atoms with Gasteiger partial charge in [-0.25, -0.2) is 4.79 Å². The van der Waals surface area contributed by atoms with E-state index in [2.05, 4.69) is 5.32 Å². The van der Waals surface area contributed by atoms with Crippen LogP contribution in [-0.4, -0.2) is 17.1 Å². The number of hydrogen-bond donors (Lipinski definition) is 2. The van der Waals surface area contributed by atoms with E-state index in [-0.39, 0.29) is 0 Å². The first-order valence-corrected chi connectivity index (χ1v) is 4.76. The van der Waals surface area contributed by atoms with E-state index < -0.39 is 12.0 Å². The number of halogens is 1. The second-order valence-corrected chi connectivity index (χ2v) is 3.39. The minimum atomic E-state index is -0.845. The van der Waals surface area contributed by atoms with Crippen molar-refractivity contribution >= 4 is 23.3 Å². The van der Waals surface area contributed by atoms with Gasteiger partial charge in [0.15, 0.2) is 0 Å². The van der Waals surface area contributed by atoms with Gasteiger partial charge in [0, 0.05) is 10.7 Å². The Morgan fingerprint density at radius 3 is 2.50 bits per heavy atom. The van der Waals surface area contributed by atoms with Gasteiger partial charge in [-0.2, -0.15) is 0 Å². The maximum absolute atomic E-state index is 10.7. The number of rotatable bonds is 4. The molecule has 1 unspecified atom stereocenters. The Labute approximate surface area is 87.7 Å². The zero-order chi connectivity index (χ0) is 10.6. The molecule has 14 heavy (non-hydrogen) atoms. The van der Waals surface area contributed by atoms with Crippen molar-refractivity contribution in [2.45, 2.75) is 19.4 Å². The van der Waals surface area contributed by atoms with E-state index in [1.807, 2.05) is 6.92 Å². The standard InChI is InChI=1S/C10H12ClNO2/c1-2-9(10(13)14)12-8-5-3-7(11)4-6-8/h3-6,9,12H,2H2,1H3,(H,13,14). The van der Waals surface area contributed by atoms with Gasteiger partial charge in [0.1, 0.15) is 6.04 Å². The molecule has 0 spiro atoms. The lowest BCUT2D eigenvalue weighted by Crippen LogP contribution is -2.28. The zero-order valence-corrected chi connectivity index (χ0v) is 8.58. The van der Waals surface area contributed by atoms with Gasteiger partial charge in [-0.1, -0.05) is 18.5 Å². The molecule has 0 aliphatic heterocycles. The van der Waals surface area contributed by atoms with Gasteiger partial charge in [-0.05, 0) is 30.7 Å². The van der Waals surface area contributed by atoms with E-state index in [1.165, 1.54) is 0 Å². The fourth-order valence-electron chi connectivity index (χ4n) is 1.09. The molecule has 3 nitrogen and oxygen atoms in total. The summed E-state index contributed by atoms with van der Waals surface area (Å²) in [5.41, 5.74) is 0.767. The molecular formula is C10H12ClNO2. The van der Waals surface area contributed by atoms with Crippen molar-refractivity contribution in [2.75, 3.05) is 5.32 Å². The Bertz CT molecular complexity index is 310. The predicted octanol–water partition coefficient (Wildman–Crippen LogP) is 2.62. The predicted molar refractivity (Wildman–Crippen MR) is 56.8 cm³/mol. The fraction of sp³-hybridized carbons (Fsp3) is 0.300. The van der Waals surface area contributed by atoms with Crippen LogP contribution < -0.4 is 5.32 Å². The molecule has 0 saturated carbocycles. The van der Waals surface area contributed by atoms with E-state index in [0.717, 1.165) is 5.69 Å². The first-order chi connectivity index (χ1) is 6.63. The topological polar surface area (TPSA) is 49.3 Å². The molecule has 4 heteroatoms. The molecule has 1 aromatic rings. The van der Waals surface area contributed by atoms with Crippen molar-refractivity contribution in [3.8, 4) is 0 Å². The molecule has 2 N–H and O–H groups in total. The SMILES string of the molecule is CCC(Nc1ccc(Cl)cc1)C(=O)O. The Morgan fingerprint density at radius 2 is 2.07 bits per heavy atom. The zero-order valence-electron chi connectivity index (χ0n) is 7.83. The van der Waals surface area contributed by atoms with E-state index >= 15 is 0 Å². The lowest BCUT2D eigenvalue weighted by molar-refractivity contribution is -0.137. The second kappa shape index (κ2) is 4.86. The van der Waals surface area contributed by atoms with Crippen LogP contribution >= 0.6 is 11.6 Å². The van der Waals surface area contributed by atoms with Gasteiger partial charge in [-0.15, -0.1) is 0 Å². The van der Waals surface area contributed by atoms with Crippen LogP contribution in [0, 0.1) is 0 Å². The maximum atomic E-state index is 10.7. The van der Waals surface area contributed by atoms with Crippen LogP contribution in [0.1, 0.15) is 13.3 Å². The van der Waals surface area contributed by atoms with Gasteiger partial charge in [0.2, 0.25) is 0 Å². The molecule has 0 radical (unpaired) electrons. The van der Waals surface area contributed by atoms with Crippen molar-refractivity contribution in [1.82, 2.24) is 0 Å². The summed E-state index contributed by atoms with van der Waals surface area (Å²) in [5.74, 6) is -0.845. The number of aliphatic carboxylic acids is 1. The average molecular weight is 214 g/mol. The lowest BCUT2D eigenvalue weighted by Gasteiger charge is -2.13. The van der Waals surface area contributed by atoms with Crippen LogP contribution in [0.5, 0.6) is 0 Å². The Kier molecular flexibility index (Phi) is 3.77. The first kappa shape index (κ1) is 10.9. The van der Waals surface area contributed by atoms with Gasteiger partial charge in [0.25, 0.3) is 0 Å². The molecule has 0 aromatic heterocycles. The fourth-order valence-corrected chi connectivity index (χ4v) is 1.21. The van der Waals surface area contributed by atoms with E-state index in [0.29, 0.717) is 11.4 Å². The van der Waals surface area contributed by atoms with Gasteiger partial charge >= 0.3 is 5.97 Å². The van der Waals surface area contributed by atoms with Crippen LogP contribution in [0.25, 0.3) is 0 Å². The van der Waals surface area contributed by atoms with Crippen LogP contribution in [-0.2, 0) is 4.79 Å². The highest BCUT2D eigenvalue weighted by Crippen LogP contribution is 2.14. The normalized spacial score (nSPS) is 12.1. The molecule has 0 amide bonds. The molecule has 0 fully saturated rings. The number of nitrogens with one attached hydrogen (secondary N) is 1. The molecule has 0 aliphatic rings. The summed E-state index contributed by atoms with van der Waals surface area (Å²) in [7, 11) is 0. The van der Waals surface area contributed by atoms with Crippen LogP contribution in [0.3, 0.4) is 0 Å². The summed E-state index contributed by atoms with van der Waals surface area (Å²) in [4.78, 5) is 10.7. The number of carbonyl (C=O) groups is 1. The van der Waals surface area contributed by atoms with Gasteiger partial charge < -0.3 is 10.4 Å². The number of carboxylic acids is 1. The first-order valence-electron chi connectivity index (χ1n) is 4.38. The summed E-state index contributed by atoms with van der Waals surface area (Å²) >= 11 is 5.70. The highest BCUT2D eigenvalue weighted by Gasteiger charge is 2.13. The summed E-state index contributed by atoms with van der Waals surface area (Å²) in [6, 6.07) is 6.41. The molecule has 0 saturated heterocycles. The number of benzene rings is 1. The van der Waals surface area contributed by atoms with E-state index in [9.17, 15) is 4.79 Å². The van der Waals surface area contributed by atoms with Crippen LogP contribution in [0.15, 0.2) is 24.3 Å². The third-order valence-electron chi connectivity index (χ3n) is 1.89. The summed E-state index contributed by atoms with van der Waals surface area (Å²) in [6.45, 7) is 1.82.